The van der Waals surface area contributed by atoms with Crippen LogP contribution in [-0.2, 0) is 16.6 Å². The fourth-order valence-electron chi connectivity index (χ4n) is 1.49. The van der Waals surface area contributed by atoms with Gasteiger partial charge >= 0.3 is 0 Å². The summed E-state index contributed by atoms with van der Waals surface area (Å²) in [6.07, 6.45) is 1.54. The fraction of sp³-hybridized carbons (Fsp3) is 0.636. The van der Waals surface area contributed by atoms with Gasteiger partial charge in [0.05, 0.1) is 18.6 Å². The molecule has 0 amide bonds. The summed E-state index contributed by atoms with van der Waals surface area (Å²) in [5, 5.41) is 0. The highest BCUT2D eigenvalue weighted by atomic mass is 35.5. The molecule has 98 valence electrons. The third-order valence-corrected chi connectivity index (χ3v) is 5.11. The number of nitrogens with zero attached hydrogens (tertiary/aromatic N) is 1. The smallest absolute Gasteiger partial charge is 0.214 e. The zero-order chi connectivity index (χ0) is 12.9. The highest BCUT2D eigenvalue weighted by Gasteiger charge is 2.23. The van der Waals surface area contributed by atoms with Crippen LogP contribution in [0.3, 0.4) is 0 Å². The maximum absolute atomic E-state index is 12.1. The van der Waals surface area contributed by atoms with Crippen LogP contribution < -0.4 is 0 Å². The number of alkyl halides is 1. The van der Waals surface area contributed by atoms with Gasteiger partial charge in [-0.25, -0.2) is 8.42 Å². The molecule has 17 heavy (non-hydrogen) atoms. The molecule has 0 spiro atoms. The average Bonchev–Trinajstić information content (AvgIpc) is 2.77. The largest absolute Gasteiger partial charge is 0.468 e. The van der Waals surface area contributed by atoms with Gasteiger partial charge in [0.15, 0.2) is 0 Å². The van der Waals surface area contributed by atoms with E-state index in [1.165, 1.54) is 10.6 Å². The van der Waals surface area contributed by atoms with Crippen molar-refractivity contribution >= 4 is 21.6 Å². The number of hydrogen-bond donors (Lipinski definition) is 0. The molecule has 0 bridgehead atoms. The normalized spacial score (nSPS) is 14.1. The van der Waals surface area contributed by atoms with Crippen LogP contribution in [-0.4, -0.2) is 30.9 Å². The van der Waals surface area contributed by atoms with E-state index in [4.69, 9.17) is 16.0 Å². The van der Waals surface area contributed by atoms with Gasteiger partial charge in [0.25, 0.3) is 0 Å². The predicted molar refractivity (Wildman–Crippen MR) is 68.5 cm³/mol. The van der Waals surface area contributed by atoms with Crippen molar-refractivity contribution in [1.82, 2.24) is 4.31 Å². The Morgan fingerprint density at radius 3 is 2.71 bits per heavy atom. The summed E-state index contributed by atoms with van der Waals surface area (Å²) < 4.78 is 30.7. The lowest BCUT2D eigenvalue weighted by atomic mass is 10.3. The van der Waals surface area contributed by atoms with E-state index < -0.39 is 10.0 Å². The van der Waals surface area contributed by atoms with Gasteiger partial charge in [0.2, 0.25) is 10.0 Å². The van der Waals surface area contributed by atoms with Crippen LogP contribution in [0.4, 0.5) is 0 Å². The van der Waals surface area contributed by atoms with Crippen LogP contribution in [0.1, 0.15) is 19.6 Å². The first kappa shape index (κ1) is 14.5. The minimum absolute atomic E-state index is 0.0488. The first-order valence-electron chi connectivity index (χ1n) is 5.55. The van der Waals surface area contributed by atoms with Crippen molar-refractivity contribution in [2.45, 2.75) is 20.4 Å². The minimum Gasteiger partial charge on any atom is -0.468 e. The number of sulfonamides is 1. The van der Waals surface area contributed by atoms with E-state index in [2.05, 4.69) is 0 Å². The second-order valence-electron chi connectivity index (χ2n) is 4.04. The Kier molecular flexibility index (Phi) is 5.49. The molecule has 0 aliphatic carbocycles. The molecule has 0 fully saturated rings. The summed E-state index contributed by atoms with van der Waals surface area (Å²) in [5.41, 5.74) is 0. The van der Waals surface area contributed by atoms with Crippen molar-refractivity contribution in [3.8, 4) is 0 Å². The Hall–Kier alpha value is -0.520. The molecule has 0 aliphatic heterocycles. The van der Waals surface area contributed by atoms with Crippen LogP contribution in [0.25, 0.3) is 0 Å². The highest BCUT2D eigenvalue weighted by molar-refractivity contribution is 7.89. The average molecular weight is 280 g/mol. The molecule has 0 N–H and O–H groups in total. The number of rotatable bonds is 7. The molecule has 0 aromatic carbocycles. The SMILES string of the molecule is CCN(Cc1ccco1)S(=O)(=O)CC(C)CCl. The molecule has 1 rings (SSSR count). The molecule has 1 atom stereocenters. The summed E-state index contributed by atoms with van der Waals surface area (Å²) in [6.45, 7) is 4.34. The van der Waals surface area contributed by atoms with E-state index >= 15 is 0 Å². The van der Waals surface area contributed by atoms with Gasteiger partial charge < -0.3 is 4.42 Å². The third-order valence-electron chi connectivity index (χ3n) is 2.42. The fourth-order valence-corrected chi connectivity index (χ4v) is 3.50. The van der Waals surface area contributed by atoms with E-state index in [9.17, 15) is 8.42 Å². The Balaban J connectivity index is 2.72. The van der Waals surface area contributed by atoms with Crippen molar-refractivity contribution in [3.63, 3.8) is 0 Å². The van der Waals surface area contributed by atoms with Crippen molar-refractivity contribution < 1.29 is 12.8 Å². The monoisotopic (exact) mass is 279 g/mol. The zero-order valence-corrected chi connectivity index (χ0v) is 11.7. The topological polar surface area (TPSA) is 50.5 Å². The first-order chi connectivity index (χ1) is 7.99. The number of halogens is 1. The maximum atomic E-state index is 12.1. The van der Waals surface area contributed by atoms with Gasteiger partial charge in [-0.1, -0.05) is 13.8 Å². The molecule has 1 unspecified atom stereocenters. The molecule has 0 radical (unpaired) electrons. The highest BCUT2D eigenvalue weighted by Crippen LogP contribution is 2.13. The molecule has 1 aromatic rings. The lowest BCUT2D eigenvalue weighted by molar-refractivity contribution is 0.373. The molecular weight excluding hydrogens is 262 g/mol. The van der Waals surface area contributed by atoms with Gasteiger partial charge in [-0.15, -0.1) is 11.6 Å². The summed E-state index contributed by atoms with van der Waals surface area (Å²) >= 11 is 5.65. The van der Waals surface area contributed by atoms with Crippen molar-refractivity contribution in [2.24, 2.45) is 5.92 Å². The summed E-state index contributed by atoms with van der Waals surface area (Å²) in [4.78, 5) is 0. The van der Waals surface area contributed by atoms with Crippen molar-refractivity contribution in [2.75, 3.05) is 18.2 Å². The van der Waals surface area contributed by atoms with Gasteiger partial charge in [-0.2, -0.15) is 4.31 Å². The molecule has 0 aliphatic rings. The molecule has 1 aromatic heterocycles. The molecule has 6 heteroatoms. The Morgan fingerprint density at radius 1 is 1.53 bits per heavy atom. The van der Waals surface area contributed by atoms with Gasteiger partial charge in [-0.3, -0.25) is 0 Å². The minimum atomic E-state index is -3.27. The molecule has 0 saturated heterocycles. The summed E-state index contributed by atoms with van der Waals surface area (Å²) in [6, 6.07) is 3.51. The second-order valence-corrected chi connectivity index (χ2v) is 6.37. The Morgan fingerprint density at radius 2 is 2.24 bits per heavy atom. The first-order valence-corrected chi connectivity index (χ1v) is 7.70. The summed E-state index contributed by atoms with van der Waals surface area (Å²) in [5.74, 6) is 1.02. The summed E-state index contributed by atoms with van der Waals surface area (Å²) in [7, 11) is -3.27. The van der Waals surface area contributed by atoms with Crippen LogP contribution in [0.2, 0.25) is 0 Å². The quantitative estimate of drug-likeness (QED) is 0.720. The predicted octanol–water partition coefficient (Wildman–Crippen LogP) is 2.31. The van der Waals surface area contributed by atoms with Crippen LogP contribution >= 0.6 is 11.6 Å². The third kappa shape index (κ3) is 4.33. The van der Waals surface area contributed by atoms with E-state index in [1.807, 2.05) is 13.8 Å². The van der Waals surface area contributed by atoms with Gasteiger partial charge in [0.1, 0.15) is 5.76 Å². The van der Waals surface area contributed by atoms with Crippen molar-refractivity contribution in [3.05, 3.63) is 24.2 Å². The lowest BCUT2D eigenvalue weighted by Gasteiger charge is -2.20. The molecule has 0 saturated carbocycles. The van der Waals surface area contributed by atoms with Crippen molar-refractivity contribution in [1.29, 1.82) is 0 Å². The maximum Gasteiger partial charge on any atom is 0.214 e. The van der Waals surface area contributed by atoms with Crippen LogP contribution in [0.5, 0.6) is 0 Å². The van der Waals surface area contributed by atoms with E-state index in [-0.39, 0.29) is 18.2 Å². The second kappa shape index (κ2) is 6.42. The van der Waals surface area contributed by atoms with E-state index in [0.29, 0.717) is 18.2 Å². The number of hydrogen-bond acceptors (Lipinski definition) is 3. The number of furan rings is 1. The molecular formula is C11H18ClNO3S. The standard InChI is InChI=1S/C11H18ClNO3S/c1-3-13(8-11-5-4-6-16-11)17(14,15)9-10(2)7-12/h4-6,10H,3,7-9H2,1-2H3. The molecule has 1 heterocycles. The Labute approximate surface area is 108 Å². The van der Waals surface area contributed by atoms with Gasteiger partial charge in [0, 0.05) is 12.4 Å². The van der Waals surface area contributed by atoms with Crippen LogP contribution in [0, 0.1) is 5.92 Å². The Bertz CT molecular complexity index is 416. The van der Waals surface area contributed by atoms with E-state index in [1.54, 1.807) is 12.1 Å². The van der Waals surface area contributed by atoms with Crippen LogP contribution in [0.15, 0.2) is 22.8 Å². The zero-order valence-electron chi connectivity index (χ0n) is 10.1. The lowest BCUT2D eigenvalue weighted by Crippen LogP contribution is -2.34. The molecule has 4 nitrogen and oxygen atoms in total. The van der Waals surface area contributed by atoms with Gasteiger partial charge in [-0.05, 0) is 18.1 Å². The van der Waals surface area contributed by atoms with E-state index in [0.717, 1.165) is 0 Å².